The SMILES string of the molecule is Oc1ccc(C(F)C2CCCOC2)cc1. The standard InChI is InChI=1S/C12H15FO2/c13-12(10-2-1-7-15-8-10)9-3-5-11(14)6-4-9/h3-6,10,12,14H,1-2,7-8H2. The van der Waals surface area contributed by atoms with E-state index in [1.54, 1.807) is 12.1 Å². The fourth-order valence-corrected chi connectivity index (χ4v) is 1.93. The Balaban J connectivity index is 2.05. The predicted molar refractivity (Wildman–Crippen MR) is 55.5 cm³/mol. The fourth-order valence-electron chi connectivity index (χ4n) is 1.93. The lowest BCUT2D eigenvalue weighted by Crippen LogP contribution is -2.21. The van der Waals surface area contributed by atoms with Crippen molar-refractivity contribution in [3.05, 3.63) is 29.8 Å². The minimum Gasteiger partial charge on any atom is -0.508 e. The summed E-state index contributed by atoms with van der Waals surface area (Å²) in [5.74, 6) is 0.133. The summed E-state index contributed by atoms with van der Waals surface area (Å²) in [6.07, 6.45) is 0.830. The van der Waals surface area contributed by atoms with Crippen LogP contribution in [0.3, 0.4) is 0 Å². The molecule has 2 rings (SSSR count). The van der Waals surface area contributed by atoms with E-state index in [1.165, 1.54) is 12.1 Å². The fraction of sp³-hybridized carbons (Fsp3) is 0.500. The maximum absolute atomic E-state index is 14.0. The molecule has 0 amide bonds. The first kappa shape index (κ1) is 10.4. The van der Waals surface area contributed by atoms with Crippen LogP contribution in [0.2, 0.25) is 0 Å². The molecule has 3 heteroatoms. The number of hydrogen-bond donors (Lipinski definition) is 1. The smallest absolute Gasteiger partial charge is 0.130 e. The molecule has 0 bridgehead atoms. The van der Waals surface area contributed by atoms with Crippen molar-refractivity contribution < 1.29 is 14.2 Å². The minimum absolute atomic E-state index is 0.0386. The number of halogens is 1. The van der Waals surface area contributed by atoms with Crippen LogP contribution < -0.4 is 0 Å². The summed E-state index contributed by atoms with van der Waals surface area (Å²) >= 11 is 0. The van der Waals surface area contributed by atoms with Crippen molar-refractivity contribution in [1.29, 1.82) is 0 Å². The highest BCUT2D eigenvalue weighted by Crippen LogP contribution is 2.32. The first-order valence-electron chi connectivity index (χ1n) is 5.28. The van der Waals surface area contributed by atoms with Crippen molar-refractivity contribution in [3.63, 3.8) is 0 Å². The second kappa shape index (κ2) is 4.62. The molecule has 0 radical (unpaired) electrons. The summed E-state index contributed by atoms with van der Waals surface area (Å²) in [6, 6.07) is 6.31. The van der Waals surface area contributed by atoms with Gasteiger partial charge in [-0.3, -0.25) is 0 Å². The van der Waals surface area contributed by atoms with Crippen molar-refractivity contribution in [3.8, 4) is 5.75 Å². The molecule has 2 nitrogen and oxygen atoms in total. The minimum atomic E-state index is -0.981. The van der Waals surface area contributed by atoms with Crippen LogP contribution >= 0.6 is 0 Å². The van der Waals surface area contributed by atoms with E-state index in [9.17, 15) is 4.39 Å². The van der Waals surface area contributed by atoms with Gasteiger partial charge in [-0.05, 0) is 30.5 Å². The van der Waals surface area contributed by atoms with Gasteiger partial charge in [0.2, 0.25) is 0 Å². The van der Waals surface area contributed by atoms with E-state index in [0.717, 1.165) is 19.4 Å². The van der Waals surface area contributed by atoms with Crippen LogP contribution in [-0.2, 0) is 4.74 Å². The highest BCUT2D eigenvalue weighted by Gasteiger charge is 2.25. The van der Waals surface area contributed by atoms with Crippen LogP contribution in [0.4, 0.5) is 4.39 Å². The number of hydrogen-bond acceptors (Lipinski definition) is 2. The molecule has 1 aliphatic heterocycles. The first-order chi connectivity index (χ1) is 7.27. The molecular formula is C12H15FO2. The lowest BCUT2D eigenvalue weighted by Gasteiger charge is -2.25. The van der Waals surface area contributed by atoms with Crippen molar-refractivity contribution in [1.82, 2.24) is 0 Å². The topological polar surface area (TPSA) is 29.5 Å². The lowest BCUT2D eigenvalue weighted by atomic mass is 9.92. The van der Waals surface area contributed by atoms with Gasteiger partial charge in [-0.1, -0.05) is 12.1 Å². The van der Waals surface area contributed by atoms with Crippen LogP contribution in [0.15, 0.2) is 24.3 Å². The molecule has 1 heterocycles. The average molecular weight is 210 g/mol. The van der Waals surface area contributed by atoms with Gasteiger partial charge in [-0.15, -0.1) is 0 Å². The quantitative estimate of drug-likeness (QED) is 0.813. The summed E-state index contributed by atoms with van der Waals surface area (Å²) in [6.45, 7) is 1.25. The van der Waals surface area contributed by atoms with Gasteiger partial charge in [0.15, 0.2) is 0 Å². The molecule has 1 aromatic carbocycles. The van der Waals surface area contributed by atoms with E-state index in [1.807, 2.05) is 0 Å². The molecule has 1 aliphatic rings. The van der Waals surface area contributed by atoms with Crippen molar-refractivity contribution >= 4 is 0 Å². The summed E-state index contributed by atoms with van der Waals surface area (Å²) in [5.41, 5.74) is 0.628. The largest absolute Gasteiger partial charge is 0.508 e. The van der Waals surface area contributed by atoms with E-state index >= 15 is 0 Å². The third-order valence-corrected chi connectivity index (χ3v) is 2.82. The summed E-state index contributed by atoms with van der Waals surface area (Å²) in [5, 5.41) is 9.10. The second-order valence-electron chi connectivity index (χ2n) is 3.97. The Bertz CT molecular complexity index is 304. The number of rotatable bonds is 2. The van der Waals surface area contributed by atoms with E-state index < -0.39 is 6.17 Å². The van der Waals surface area contributed by atoms with Crippen molar-refractivity contribution in [2.45, 2.75) is 19.0 Å². The van der Waals surface area contributed by atoms with Gasteiger partial charge in [0.25, 0.3) is 0 Å². The van der Waals surface area contributed by atoms with Crippen LogP contribution in [-0.4, -0.2) is 18.3 Å². The molecule has 0 saturated carbocycles. The van der Waals surface area contributed by atoms with E-state index in [2.05, 4.69) is 0 Å². The molecular weight excluding hydrogens is 195 g/mol. The van der Waals surface area contributed by atoms with Crippen LogP contribution in [0.5, 0.6) is 5.75 Å². The van der Waals surface area contributed by atoms with E-state index in [4.69, 9.17) is 9.84 Å². The molecule has 0 aromatic heterocycles. The average Bonchev–Trinajstić information content (AvgIpc) is 2.30. The monoisotopic (exact) mass is 210 g/mol. The Kier molecular flexibility index (Phi) is 3.21. The molecule has 2 unspecified atom stereocenters. The molecule has 1 saturated heterocycles. The summed E-state index contributed by atoms with van der Waals surface area (Å²) < 4.78 is 19.2. The van der Waals surface area contributed by atoms with E-state index in [-0.39, 0.29) is 11.7 Å². The number of benzene rings is 1. The third kappa shape index (κ3) is 2.48. The highest BCUT2D eigenvalue weighted by molar-refractivity contribution is 5.27. The summed E-state index contributed by atoms with van der Waals surface area (Å²) in [7, 11) is 0. The maximum Gasteiger partial charge on any atom is 0.130 e. The van der Waals surface area contributed by atoms with Gasteiger partial charge < -0.3 is 9.84 Å². The van der Waals surface area contributed by atoms with E-state index in [0.29, 0.717) is 12.2 Å². The zero-order valence-corrected chi connectivity index (χ0v) is 8.53. The van der Waals surface area contributed by atoms with Gasteiger partial charge in [-0.25, -0.2) is 4.39 Å². The number of aromatic hydroxyl groups is 1. The van der Waals surface area contributed by atoms with Crippen molar-refractivity contribution in [2.75, 3.05) is 13.2 Å². The zero-order chi connectivity index (χ0) is 10.7. The van der Waals surface area contributed by atoms with Crippen LogP contribution in [0, 0.1) is 5.92 Å². The van der Waals surface area contributed by atoms with Gasteiger partial charge >= 0.3 is 0 Å². The second-order valence-corrected chi connectivity index (χ2v) is 3.97. The Hall–Kier alpha value is -1.09. The Labute approximate surface area is 88.7 Å². The highest BCUT2D eigenvalue weighted by atomic mass is 19.1. The number of phenolic OH excluding ortho intramolecular Hbond substituents is 1. The molecule has 0 spiro atoms. The Morgan fingerprint density at radius 2 is 2.07 bits per heavy atom. The van der Waals surface area contributed by atoms with Gasteiger partial charge in [0, 0.05) is 12.5 Å². The zero-order valence-electron chi connectivity index (χ0n) is 8.53. The predicted octanol–water partition coefficient (Wildman–Crippen LogP) is 2.83. The van der Waals surface area contributed by atoms with Gasteiger partial charge in [-0.2, -0.15) is 0 Å². The first-order valence-corrected chi connectivity index (χ1v) is 5.28. The van der Waals surface area contributed by atoms with Gasteiger partial charge in [0.05, 0.1) is 6.61 Å². The molecule has 15 heavy (non-hydrogen) atoms. The molecule has 82 valence electrons. The van der Waals surface area contributed by atoms with Gasteiger partial charge in [0.1, 0.15) is 11.9 Å². The molecule has 1 N–H and O–H groups in total. The molecule has 0 aliphatic carbocycles. The molecule has 2 atom stereocenters. The molecule has 1 aromatic rings. The number of ether oxygens (including phenoxy) is 1. The lowest BCUT2D eigenvalue weighted by molar-refractivity contribution is 0.0197. The third-order valence-electron chi connectivity index (χ3n) is 2.82. The Morgan fingerprint density at radius 3 is 2.67 bits per heavy atom. The maximum atomic E-state index is 14.0. The van der Waals surface area contributed by atoms with Crippen molar-refractivity contribution in [2.24, 2.45) is 5.92 Å². The number of phenols is 1. The van der Waals surface area contributed by atoms with Crippen LogP contribution in [0.1, 0.15) is 24.6 Å². The Morgan fingerprint density at radius 1 is 1.33 bits per heavy atom. The van der Waals surface area contributed by atoms with Crippen LogP contribution in [0.25, 0.3) is 0 Å². The molecule has 1 fully saturated rings. The number of alkyl halides is 1. The summed E-state index contributed by atoms with van der Waals surface area (Å²) in [4.78, 5) is 0. The normalized spacial score (nSPS) is 23.7.